The summed E-state index contributed by atoms with van der Waals surface area (Å²) in [6, 6.07) is 9.41. The quantitative estimate of drug-likeness (QED) is 0.900. The first-order chi connectivity index (χ1) is 9.60. The predicted molar refractivity (Wildman–Crippen MR) is 86.6 cm³/mol. The Morgan fingerprint density at radius 3 is 2.90 bits per heavy atom. The van der Waals surface area contributed by atoms with Crippen molar-refractivity contribution in [2.75, 3.05) is 5.75 Å². The van der Waals surface area contributed by atoms with Crippen LogP contribution in [0.5, 0.6) is 5.75 Å². The number of thioether (sulfide) groups is 1. The van der Waals surface area contributed by atoms with Crippen LogP contribution in [0.3, 0.4) is 0 Å². The van der Waals surface area contributed by atoms with Crippen LogP contribution in [-0.4, -0.2) is 22.6 Å². The van der Waals surface area contributed by atoms with Gasteiger partial charge < -0.3 is 10.1 Å². The number of ether oxygens (including phenoxy) is 1. The number of para-hydroxylation sites is 1. The SMILES string of the molecule is CCSC1CCC(NC2c3ccccc3OC2(C)C)C1. The van der Waals surface area contributed by atoms with E-state index >= 15 is 0 Å². The lowest BCUT2D eigenvalue weighted by Gasteiger charge is -2.30. The van der Waals surface area contributed by atoms with Crippen molar-refractivity contribution in [2.24, 2.45) is 0 Å². The summed E-state index contributed by atoms with van der Waals surface area (Å²) in [5.41, 5.74) is 1.17. The van der Waals surface area contributed by atoms with Crippen LogP contribution in [0.15, 0.2) is 24.3 Å². The van der Waals surface area contributed by atoms with E-state index in [4.69, 9.17) is 4.74 Å². The Kier molecular flexibility index (Phi) is 4.00. The lowest BCUT2D eigenvalue weighted by molar-refractivity contribution is 0.0912. The molecule has 110 valence electrons. The average molecular weight is 291 g/mol. The van der Waals surface area contributed by atoms with Gasteiger partial charge in [-0.2, -0.15) is 11.8 Å². The van der Waals surface area contributed by atoms with Crippen molar-refractivity contribution < 1.29 is 4.74 Å². The maximum absolute atomic E-state index is 6.12. The normalized spacial score (nSPS) is 31.1. The molecule has 1 aliphatic carbocycles. The van der Waals surface area contributed by atoms with Gasteiger partial charge in [-0.25, -0.2) is 0 Å². The number of hydrogen-bond donors (Lipinski definition) is 1. The molecule has 2 nitrogen and oxygen atoms in total. The van der Waals surface area contributed by atoms with E-state index in [0.717, 1.165) is 11.0 Å². The zero-order chi connectivity index (χ0) is 14.2. The fourth-order valence-corrected chi connectivity index (χ4v) is 4.68. The summed E-state index contributed by atoms with van der Waals surface area (Å²) in [6.07, 6.45) is 3.95. The molecule has 3 atom stereocenters. The molecule has 1 fully saturated rings. The van der Waals surface area contributed by atoms with Crippen molar-refractivity contribution in [2.45, 2.75) is 63.0 Å². The number of fused-ring (bicyclic) bond motifs is 1. The van der Waals surface area contributed by atoms with E-state index in [0.29, 0.717) is 12.1 Å². The van der Waals surface area contributed by atoms with Crippen LogP contribution < -0.4 is 10.1 Å². The predicted octanol–water partition coefficient (Wildman–Crippen LogP) is 4.16. The highest BCUT2D eigenvalue weighted by atomic mass is 32.2. The minimum absolute atomic E-state index is 0.153. The summed E-state index contributed by atoms with van der Waals surface area (Å²) in [7, 11) is 0. The van der Waals surface area contributed by atoms with E-state index in [1.165, 1.54) is 30.6 Å². The molecule has 3 heteroatoms. The van der Waals surface area contributed by atoms with Crippen LogP contribution in [0.1, 0.15) is 51.6 Å². The van der Waals surface area contributed by atoms with Crippen molar-refractivity contribution in [3.05, 3.63) is 29.8 Å². The zero-order valence-corrected chi connectivity index (χ0v) is 13.5. The number of nitrogens with one attached hydrogen (secondary N) is 1. The van der Waals surface area contributed by atoms with Crippen LogP contribution >= 0.6 is 11.8 Å². The fourth-order valence-electron chi connectivity index (χ4n) is 3.53. The summed E-state index contributed by atoms with van der Waals surface area (Å²) >= 11 is 2.11. The highest BCUT2D eigenvalue weighted by Crippen LogP contribution is 2.44. The van der Waals surface area contributed by atoms with Gasteiger partial charge in [0, 0.05) is 16.9 Å². The molecule has 0 aromatic heterocycles. The molecule has 1 aliphatic heterocycles. The molecule has 3 rings (SSSR count). The van der Waals surface area contributed by atoms with E-state index in [9.17, 15) is 0 Å². The number of hydrogen-bond acceptors (Lipinski definition) is 3. The van der Waals surface area contributed by atoms with E-state index in [2.05, 4.69) is 62.1 Å². The van der Waals surface area contributed by atoms with Gasteiger partial charge in [0.2, 0.25) is 0 Å². The summed E-state index contributed by atoms with van der Waals surface area (Å²) in [4.78, 5) is 0. The molecular weight excluding hydrogens is 266 g/mol. The first kappa shape index (κ1) is 14.3. The van der Waals surface area contributed by atoms with Gasteiger partial charge in [-0.15, -0.1) is 0 Å². The summed E-state index contributed by atoms with van der Waals surface area (Å²) in [5.74, 6) is 2.28. The van der Waals surface area contributed by atoms with Gasteiger partial charge in [0.25, 0.3) is 0 Å². The van der Waals surface area contributed by atoms with Gasteiger partial charge in [-0.1, -0.05) is 25.1 Å². The van der Waals surface area contributed by atoms with Gasteiger partial charge in [-0.05, 0) is 44.9 Å². The summed E-state index contributed by atoms with van der Waals surface area (Å²) in [6.45, 7) is 6.64. The highest BCUT2D eigenvalue weighted by molar-refractivity contribution is 7.99. The topological polar surface area (TPSA) is 21.3 Å². The van der Waals surface area contributed by atoms with Crippen LogP contribution in [-0.2, 0) is 0 Å². The van der Waals surface area contributed by atoms with E-state index in [-0.39, 0.29) is 5.60 Å². The standard InChI is InChI=1S/C17H25NOS/c1-4-20-13-10-9-12(11-13)18-16-14-7-5-6-8-15(14)19-17(16,2)3/h5-8,12-13,16,18H,4,9-11H2,1-3H3. The Morgan fingerprint density at radius 1 is 1.30 bits per heavy atom. The van der Waals surface area contributed by atoms with Gasteiger partial charge in [0.05, 0.1) is 6.04 Å². The Morgan fingerprint density at radius 2 is 2.10 bits per heavy atom. The maximum Gasteiger partial charge on any atom is 0.125 e. The maximum atomic E-state index is 6.12. The molecule has 20 heavy (non-hydrogen) atoms. The minimum atomic E-state index is -0.153. The minimum Gasteiger partial charge on any atom is -0.486 e. The Bertz CT molecular complexity index is 474. The molecule has 1 saturated carbocycles. The van der Waals surface area contributed by atoms with Gasteiger partial charge in [0.15, 0.2) is 0 Å². The molecule has 1 aromatic carbocycles. The molecule has 0 bridgehead atoms. The second-order valence-corrected chi connectivity index (χ2v) is 8.01. The first-order valence-electron chi connectivity index (χ1n) is 7.75. The summed E-state index contributed by atoms with van der Waals surface area (Å²) in [5, 5.41) is 4.72. The monoisotopic (exact) mass is 291 g/mol. The third-order valence-corrected chi connectivity index (χ3v) is 5.72. The molecule has 0 radical (unpaired) electrons. The molecule has 3 unspecified atom stereocenters. The molecule has 1 N–H and O–H groups in total. The molecular formula is C17H25NOS. The zero-order valence-electron chi connectivity index (χ0n) is 12.7. The van der Waals surface area contributed by atoms with Gasteiger partial charge in [-0.3, -0.25) is 0 Å². The first-order valence-corrected chi connectivity index (χ1v) is 8.80. The van der Waals surface area contributed by atoms with E-state index in [1.807, 2.05) is 0 Å². The largest absolute Gasteiger partial charge is 0.486 e. The lowest BCUT2D eigenvalue weighted by atomic mass is 9.93. The van der Waals surface area contributed by atoms with Crippen molar-refractivity contribution in [1.82, 2.24) is 5.32 Å². The Hall–Kier alpha value is -0.670. The fraction of sp³-hybridized carbons (Fsp3) is 0.647. The second-order valence-electron chi connectivity index (χ2n) is 6.43. The second kappa shape index (κ2) is 5.61. The highest BCUT2D eigenvalue weighted by Gasteiger charge is 2.42. The Balaban J connectivity index is 1.71. The third-order valence-electron chi connectivity index (χ3n) is 4.49. The summed E-state index contributed by atoms with van der Waals surface area (Å²) < 4.78 is 6.12. The molecule has 1 aromatic rings. The molecule has 0 spiro atoms. The smallest absolute Gasteiger partial charge is 0.125 e. The molecule has 1 heterocycles. The third kappa shape index (κ3) is 2.71. The average Bonchev–Trinajstić information content (AvgIpc) is 2.94. The number of rotatable bonds is 4. The van der Waals surface area contributed by atoms with Crippen molar-refractivity contribution in [3.63, 3.8) is 0 Å². The number of benzene rings is 1. The van der Waals surface area contributed by atoms with Crippen LogP contribution in [0.25, 0.3) is 0 Å². The van der Waals surface area contributed by atoms with Crippen LogP contribution in [0, 0.1) is 0 Å². The molecule has 2 aliphatic rings. The molecule has 0 saturated heterocycles. The lowest BCUT2D eigenvalue weighted by Crippen LogP contribution is -2.43. The van der Waals surface area contributed by atoms with Crippen molar-refractivity contribution >= 4 is 11.8 Å². The van der Waals surface area contributed by atoms with Crippen LogP contribution in [0.4, 0.5) is 0 Å². The van der Waals surface area contributed by atoms with Gasteiger partial charge in [0.1, 0.15) is 11.4 Å². The van der Waals surface area contributed by atoms with Crippen LogP contribution in [0.2, 0.25) is 0 Å². The van der Waals surface area contributed by atoms with E-state index < -0.39 is 0 Å². The Labute approximate surface area is 126 Å². The van der Waals surface area contributed by atoms with Gasteiger partial charge >= 0.3 is 0 Å². The van der Waals surface area contributed by atoms with E-state index in [1.54, 1.807) is 0 Å². The van der Waals surface area contributed by atoms with Crippen molar-refractivity contribution in [1.29, 1.82) is 0 Å². The van der Waals surface area contributed by atoms with Crippen molar-refractivity contribution in [3.8, 4) is 5.75 Å². The molecule has 0 amide bonds.